The highest BCUT2D eigenvalue weighted by atomic mass is 35.5. The molecule has 0 spiro atoms. The van der Waals surface area contributed by atoms with Crippen molar-refractivity contribution in [3.8, 4) is 23.8 Å². The monoisotopic (exact) mass is 398 g/mol. The zero-order chi connectivity index (χ0) is 19.3. The van der Waals surface area contributed by atoms with Crippen LogP contribution in [0, 0.1) is 22.7 Å². The fraction of sp³-hybridized carbons (Fsp3) is 0.0625. The van der Waals surface area contributed by atoms with E-state index >= 15 is 0 Å². The lowest BCUT2D eigenvalue weighted by atomic mass is 10.2. The van der Waals surface area contributed by atoms with Crippen molar-refractivity contribution in [1.29, 1.82) is 10.5 Å². The third kappa shape index (κ3) is 4.79. The molecule has 0 unspecified atom stereocenters. The summed E-state index contributed by atoms with van der Waals surface area (Å²) in [4.78, 5) is 3.56. The zero-order valence-electron chi connectivity index (χ0n) is 12.6. The fourth-order valence-electron chi connectivity index (χ4n) is 1.68. The van der Waals surface area contributed by atoms with E-state index < -0.39 is 11.7 Å². The Hall–Kier alpha value is -2.94. The van der Waals surface area contributed by atoms with E-state index in [9.17, 15) is 13.2 Å². The van der Waals surface area contributed by atoms with Gasteiger partial charge in [0, 0.05) is 18.1 Å². The zero-order valence-corrected chi connectivity index (χ0v) is 14.1. The van der Waals surface area contributed by atoms with Crippen molar-refractivity contribution in [2.75, 3.05) is 5.32 Å². The van der Waals surface area contributed by atoms with Crippen molar-refractivity contribution in [2.24, 2.45) is 0 Å². The Bertz CT molecular complexity index is 930. The van der Waals surface area contributed by atoms with E-state index in [2.05, 4.69) is 10.3 Å². The molecular weight excluding hydrogens is 392 g/mol. The van der Waals surface area contributed by atoms with Crippen LogP contribution >= 0.6 is 23.2 Å². The number of hydrogen-bond donors (Lipinski definition) is 1. The van der Waals surface area contributed by atoms with Gasteiger partial charge in [0.1, 0.15) is 28.5 Å². The van der Waals surface area contributed by atoms with Gasteiger partial charge in [0.2, 0.25) is 5.88 Å². The van der Waals surface area contributed by atoms with Crippen LogP contribution < -0.4 is 10.1 Å². The molecule has 1 aromatic heterocycles. The second-order valence-electron chi connectivity index (χ2n) is 4.68. The van der Waals surface area contributed by atoms with Gasteiger partial charge in [-0.05, 0) is 24.3 Å². The number of alkyl halides is 3. The Morgan fingerprint density at radius 1 is 1.15 bits per heavy atom. The van der Waals surface area contributed by atoms with E-state index in [1.807, 2.05) is 0 Å². The van der Waals surface area contributed by atoms with Crippen molar-refractivity contribution in [3.05, 3.63) is 57.8 Å². The number of nitrogens with one attached hydrogen (secondary N) is 1. The molecule has 2 rings (SSSR count). The highest BCUT2D eigenvalue weighted by molar-refractivity contribution is 6.33. The quantitative estimate of drug-likeness (QED) is 0.683. The molecule has 0 saturated carbocycles. The molecule has 132 valence electrons. The molecule has 1 heterocycles. The summed E-state index contributed by atoms with van der Waals surface area (Å²) in [6.07, 6.45) is -2.78. The van der Waals surface area contributed by atoms with Crippen LogP contribution in [0.4, 0.5) is 18.9 Å². The van der Waals surface area contributed by atoms with Crippen molar-refractivity contribution in [2.45, 2.75) is 6.18 Å². The minimum atomic E-state index is -4.57. The number of benzene rings is 1. The number of anilines is 1. The fourth-order valence-corrected chi connectivity index (χ4v) is 2.10. The van der Waals surface area contributed by atoms with Gasteiger partial charge in [-0.1, -0.05) is 23.2 Å². The molecule has 1 N–H and O–H groups in total. The van der Waals surface area contributed by atoms with Crippen LogP contribution in [0.25, 0.3) is 0 Å². The lowest BCUT2D eigenvalue weighted by Crippen LogP contribution is -2.05. The molecule has 0 fully saturated rings. The maximum Gasteiger partial charge on any atom is 0.417 e. The van der Waals surface area contributed by atoms with E-state index in [0.29, 0.717) is 18.0 Å². The van der Waals surface area contributed by atoms with Gasteiger partial charge < -0.3 is 10.1 Å². The van der Waals surface area contributed by atoms with Crippen molar-refractivity contribution in [1.82, 2.24) is 4.98 Å². The van der Waals surface area contributed by atoms with Crippen LogP contribution in [-0.2, 0) is 6.18 Å². The number of hydrogen-bond acceptors (Lipinski definition) is 5. The second-order valence-corrected chi connectivity index (χ2v) is 5.50. The lowest BCUT2D eigenvalue weighted by molar-refractivity contribution is -0.137. The summed E-state index contributed by atoms with van der Waals surface area (Å²) < 4.78 is 43.2. The summed E-state index contributed by atoms with van der Waals surface area (Å²) in [5.74, 6) is -0.130. The molecular formula is C16H7Cl2F3N4O. The highest BCUT2D eigenvalue weighted by Gasteiger charge is 2.31. The maximum absolute atomic E-state index is 12.6. The summed E-state index contributed by atoms with van der Waals surface area (Å²) in [5.41, 5.74) is -0.683. The van der Waals surface area contributed by atoms with E-state index in [0.717, 1.165) is 0 Å². The van der Waals surface area contributed by atoms with Crippen LogP contribution in [0.3, 0.4) is 0 Å². The Kier molecular flexibility index (Phi) is 5.93. The predicted molar refractivity (Wildman–Crippen MR) is 88.7 cm³/mol. The first kappa shape index (κ1) is 19.4. The molecule has 0 aliphatic heterocycles. The Balaban J connectivity index is 2.20. The van der Waals surface area contributed by atoms with Gasteiger partial charge in [-0.2, -0.15) is 23.7 Å². The number of aromatic nitrogens is 1. The third-order valence-electron chi connectivity index (χ3n) is 2.90. The average Bonchev–Trinajstić information content (AvgIpc) is 2.58. The summed E-state index contributed by atoms with van der Waals surface area (Å²) >= 11 is 11.8. The van der Waals surface area contributed by atoms with Gasteiger partial charge in [-0.15, -0.1) is 0 Å². The summed E-state index contributed by atoms with van der Waals surface area (Å²) in [7, 11) is 0. The van der Waals surface area contributed by atoms with Crippen molar-refractivity contribution < 1.29 is 17.9 Å². The first-order valence-corrected chi connectivity index (χ1v) is 7.47. The molecule has 0 aliphatic rings. The lowest BCUT2D eigenvalue weighted by Gasteiger charge is -2.11. The van der Waals surface area contributed by atoms with E-state index in [-0.39, 0.29) is 27.2 Å². The molecule has 0 atom stereocenters. The van der Waals surface area contributed by atoms with Crippen LogP contribution in [0.5, 0.6) is 11.6 Å². The van der Waals surface area contributed by atoms with Crippen LogP contribution in [-0.4, -0.2) is 4.98 Å². The number of ether oxygens (including phenoxy) is 1. The van der Waals surface area contributed by atoms with E-state index in [1.54, 1.807) is 12.1 Å². The number of nitrogens with zero attached hydrogens (tertiary/aromatic N) is 3. The first-order valence-electron chi connectivity index (χ1n) is 6.71. The van der Waals surface area contributed by atoms with Gasteiger partial charge in [-0.3, -0.25) is 0 Å². The summed E-state index contributed by atoms with van der Waals surface area (Å²) in [6, 6.07) is 8.42. The van der Waals surface area contributed by atoms with Crippen molar-refractivity contribution in [3.63, 3.8) is 0 Å². The van der Waals surface area contributed by atoms with Crippen LogP contribution in [0.2, 0.25) is 10.0 Å². The first-order chi connectivity index (χ1) is 12.2. The van der Waals surface area contributed by atoms with Gasteiger partial charge in [0.15, 0.2) is 0 Å². The Labute approximate surface area is 155 Å². The molecule has 1 aromatic carbocycles. The molecule has 2 aromatic rings. The Morgan fingerprint density at radius 2 is 1.85 bits per heavy atom. The molecule has 10 heteroatoms. The van der Waals surface area contributed by atoms with Gasteiger partial charge in [0.25, 0.3) is 0 Å². The topological polar surface area (TPSA) is 81.7 Å². The number of pyridine rings is 1. The number of allylic oxidation sites excluding steroid dienone is 1. The third-order valence-corrected chi connectivity index (χ3v) is 3.46. The standard InChI is InChI=1S/C16H7Cl2F3N4O/c17-12-4-11(24-7-9(5-22)6-23)1-2-14(12)26-15-13(18)3-10(8-25-15)16(19,20)21/h1-4,7-8,24H. The van der Waals surface area contributed by atoms with E-state index in [4.69, 9.17) is 38.5 Å². The average molecular weight is 399 g/mol. The van der Waals surface area contributed by atoms with Gasteiger partial charge in [0.05, 0.1) is 10.6 Å². The molecule has 0 aliphatic carbocycles. The Morgan fingerprint density at radius 3 is 2.38 bits per heavy atom. The van der Waals surface area contributed by atoms with Crippen LogP contribution in [0.1, 0.15) is 5.56 Å². The predicted octanol–water partition coefficient (Wildman–Crippen LogP) is 5.54. The molecule has 0 bridgehead atoms. The molecule has 0 amide bonds. The highest BCUT2D eigenvalue weighted by Crippen LogP contribution is 2.37. The van der Waals surface area contributed by atoms with Crippen molar-refractivity contribution >= 4 is 28.9 Å². The minimum absolute atomic E-state index is 0.108. The smallest absolute Gasteiger partial charge is 0.417 e. The molecule has 5 nitrogen and oxygen atoms in total. The van der Waals surface area contributed by atoms with Crippen LogP contribution in [0.15, 0.2) is 42.2 Å². The van der Waals surface area contributed by atoms with Gasteiger partial charge in [-0.25, -0.2) is 4.98 Å². The summed E-state index contributed by atoms with van der Waals surface area (Å²) in [6.45, 7) is 0. The maximum atomic E-state index is 12.6. The number of halogens is 5. The largest absolute Gasteiger partial charge is 0.436 e. The van der Waals surface area contributed by atoms with E-state index in [1.165, 1.54) is 24.4 Å². The summed E-state index contributed by atoms with van der Waals surface area (Å²) in [5, 5.41) is 19.8. The molecule has 26 heavy (non-hydrogen) atoms. The molecule has 0 radical (unpaired) electrons. The molecule has 0 saturated heterocycles. The normalized spacial score (nSPS) is 10.4. The number of rotatable bonds is 4. The minimum Gasteiger partial charge on any atom is -0.436 e. The second kappa shape index (κ2) is 7.96. The van der Waals surface area contributed by atoms with Gasteiger partial charge >= 0.3 is 6.18 Å². The number of nitriles is 2. The SMILES string of the molecule is N#CC(C#N)=CNc1ccc(Oc2ncc(C(F)(F)F)cc2Cl)c(Cl)c1.